The zero-order valence-electron chi connectivity index (χ0n) is 11.6. The van der Waals surface area contributed by atoms with Gasteiger partial charge in [0.15, 0.2) is 0 Å². The lowest BCUT2D eigenvalue weighted by molar-refractivity contribution is 0.0944. The van der Waals surface area contributed by atoms with Crippen LogP contribution in [0.5, 0.6) is 0 Å². The summed E-state index contributed by atoms with van der Waals surface area (Å²) in [6, 6.07) is 3.93. The van der Waals surface area contributed by atoms with Gasteiger partial charge < -0.3 is 10.7 Å². The molecule has 4 atom stereocenters. The van der Waals surface area contributed by atoms with Crippen molar-refractivity contribution in [1.29, 1.82) is 0 Å². The normalized spacial score (nSPS) is 36.6. The first-order chi connectivity index (χ1) is 9.67. The molecule has 1 aromatic heterocycles. The van der Waals surface area contributed by atoms with Gasteiger partial charge in [-0.15, -0.1) is 0 Å². The van der Waals surface area contributed by atoms with Crippen LogP contribution >= 0.6 is 0 Å². The molecule has 20 heavy (non-hydrogen) atoms. The Bertz CT molecular complexity index is 557. The van der Waals surface area contributed by atoms with E-state index in [-0.39, 0.29) is 5.91 Å². The second-order valence-electron chi connectivity index (χ2n) is 6.51. The summed E-state index contributed by atoms with van der Waals surface area (Å²) >= 11 is 0. The SMILES string of the molecule is Cc1cc(C(=O)NC2C3C4CCC(C4)C23)cc(NN)n1. The number of nitrogen functional groups attached to an aromatic ring is 1. The summed E-state index contributed by atoms with van der Waals surface area (Å²) in [4.78, 5) is 16.6. The number of fused-ring (bicyclic) bond motifs is 5. The molecule has 0 spiro atoms. The number of amides is 1. The third-order valence-corrected chi connectivity index (χ3v) is 5.40. The largest absolute Gasteiger partial charge is 0.349 e. The van der Waals surface area contributed by atoms with E-state index in [4.69, 9.17) is 5.84 Å². The molecular formula is C15H20N4O. The smallest absolute Gasteiger partial charge is 0.251 e. The highest BCUT2D eigenvalue weighted by atomic mass is 16.1. The van der Waals surface area contributed by atoms with Crippen LogP contribution in [0.3, 0.4) is 0 Å². The maximum Gasteiger partial charge on any atom is 0.251 e. The number of aromatic nitrogens is 1. The Morgan fingerprint density at radius 3 is 2.65 bits per heavy atom. The van der Waals surface area contributed by atoms with Gasteiger partial charge in [-0.25, -0.2) is 10.8 Å². The number of aryl methyl sites for hydroxylation is 1. The van der Waals surface area contributed by atoms with Gasteiger partial charge in [-0.3, -0.25) is 4.79 Å². The Morgan fingerprint density at radius 2 is 2.00 bits per heavy atom. The Hall–Kier alpha value is -1.62. The van der Waals surface area contributed by atoms with Crippen LogP contribution < -0.4 is 16.6 Å². The molecular weight excluding hydrogens is 252 g/mol. The van der Waals surface area contributed by atoms with Gasteiger partial charge in [-0.1, -0.05) is 0 Å². The number of rotatable bonds is 3. The second kappa shape index (κ2) is 4.19. The van der Waals surface area contributed by atoms with Crippen molar-refractivity contribution < 1.29 is 4.79 Å². The molecule has 3 aliphatic carbocycles. The molecule has 0 aliphatic heterocycles. The molecule has 0 radical (unpaired) electrons. The van der Waals surface area contributed by atoms with E-state index in [9.17, 15) is 4.79 Å². The van der Waals surface area contributed by atoms with Gasteiger partial charge in [0.1, 0.15) is 5.82 Å². The fourth-order valence-corrected chi connectivity index (χ4v) is 4.63. The number of pyridine rings is 1. The van der Waals surface area contributed by atoms with E-state index in [0.717, 1.165) is 29.4 Å². The van der Waals surface area contributed by atoms with Gasteiger partial charge in [0.2, 0.25) is 0 Å². The molecule has 4 unspecified atom stereocenters. The van der Waals surface area contributed by atoms with Crippen LogP contribution in [-0.2, 0) is 0 Å². The number of nitrogens with two attached hydrogens (primary N) is 1. The number of hydrogen-bond donors (Lipinski definition) is 3. The van der Waals surface area contributed by atoms with Gasteiger partial charge in [-0.05, 0) is 62.0 Å². The molecule has 1 amide bonds. The second-order valence-corrected chi connectivity index (χ2v) is 6.51. The minimum atomic E-state index is 0.00537. The van der Waals surface area contributed by atoms with E-state index in [0.29, 0.717) is 17.4 Å². The van der Waals surface area contributed by atoms with Crippen molar-refractivity contribution in [3.8, 4) is 0 Å². The van der Waals surface area contributed by atoms with E-state index < -0.39 is 0 Å². The van der Waals surface area contributed by atoms with E-state index >= 15 is 0 Å². The standard InChI is InChI=1S/C15H20N4O/c1-7-4-10(6-11(17-7)19-16)15(20)18-14-12-8-2-3-9(5-8)13(12)14/h4,6,8-9,12-14H,2-3,5,16H2,1H3,(H,17,19)(H,18,20). The first-order valence-corrected chi connectivity index (χ1v) is 7.43. The fraction of sp³-hybridized carbons (Fsp3) is 0.600. The molecule has 2 bridgehead atoms. The topological polar surface area (TPSA) is 80.0 Å². The van der Waals surface area contributed by atoms with Gasteiger partial charge in [0.25, 0.3) is 5.91 Å². The highest BCUT2D eigenvalue weighted by Gasteiger charge is 2.65. The van der Waals surface area contributed by atoms with Crippen LogP contribution in [0.25, 0.3) is 0 Å². The van der Waals surface area contributed by atoms with Crippen molar-refractivity contribution >= 4 is 11.7 Å². The van der Waals surface area contributed by atoms with Crippen molar-refractivity contribution in [2.24, 2.45) is 29.5 Å². The molecule has 5 heteroatoms. The number of anilines is 1. The lowest BCUT2D eigenvalue weighted by Gasteiger charge is -2.11. The Labute approximate surface area is 118 Å². The van der Waals surface area contributed by atoms with Crippen LogP contribution in [0.1, 0.15) is 35.3 Å². The van der Waals surface area contributed by atoms with E-state index in [1.54, 1.807) is 6.07 Å². The van der Waals surface area contributed by atoms with Crippen molar-refractivity contribution in [2.75, 3.05) is 5.43 Å². The number of hydrazine groups is 1. The van der Waals surface area contributed by atoms with Crippen molar-refractivity contribution in [2.45, 2.75) is 32.2 Å². The van der Waals surface area contributed by atoms with Gasteiger partial charge in [-0.2, -0.15) is 0 Å². The number of hydrogen-bond acceptors (Lipinski definition) is 4. The van der Waals surface area contributed by atoms with Crippen LogP contribution in [0.4, 0.5) is 5.82 Å². The lowest BCUT2D eigenvalue weighted by atomic mass is 10.0. The number of nitrogens with one attached hydrogen (secondary N) is 2. The monoisotopic (exact) mass is 272 g/mol. The Morgan fingerprint density at radius 1 is 1.30 bits per heavy atom. The molecule has 4 rings (SSSR count). The summed E-state index contributed by atoms with van der Waals surface area (Å²) < 4.78 is 0. The summed E-state index contributed by atoms with van der Waals surface area (Å²) in [5, 5.41) is 3.22. The molecule has 3 saturated carbocycles. The van der Waals surface area contributed by atoms with Gasteiger partial charge in [0.05, 0.1) is 0 Å². The van der Waals surface area contributed by atoms with Gasteiger partial charge >= 0.3 is 0 Å². The minimum absolute atomic E-state index is 0.00537. The molecule has 1 aromatic rings. The maximum absolute atomic E-state index is 12.4. The Kier molecular flexibility index (Phi) is 2.54. The van der Waals surface area contributed by atoms with Crippen LogP contribution in [0.15, 0.2) is 12.1 Å². The number of carbonyl (C=O) groups is 1. The van der Waals surface area contributed by atoms with Crippen LogP contribution in [-0.4, -0.2) is 16.9 Å². The summed E-state index contributed by atoms with van der Waals surface area (Å²) in [5.41, 5.74) is 3.94. The molecule has 3 fully saturated rings. The molecule has 106 valence electrons. The first kappa shape index (κ1) is 12.1. The van der Waals surface area contributed by atoms with Gasteiger partial charge in [0, 0.05) is 17.3 Å². The molecule has 3 aliphatic rings. The summed E-state index contributed by atoms with van der Waals surface area (Å²) in [6.45, 7) is 1.86. The third-order valence-electron chi connectivity index (χ3n) is 5.40. The summed E-state index contributed by atoms with van der Waals surface area (Å²) in [5.74, 6) is 9.17. The van der Waals surface area contributed by atoms with E-state index in [1.807, 2.05) is 13.0 Å². The summed E-state index contributed by atoms with van der Waals surface area (Å²) in [6.07, 6.45) is 4.14. The summed E-state index contributed by atoms with van der Waals surface area (Å²) in [7, 11) is 0. The van der Waals surface area contributed by atoms with Crippen LogP contribution in [0, 0.1) is 30.6 Å². The predicted molar refractivity (Wildman–Crippen MR) is 75.8 cm³/mol. The third kappa shape index (κ3) is 1.73. The quantitative estimate of drug-likeness (QED) is 0.575. The molecule has 1 heterocycles. The average molecular weight is 272 g/mol. The van der Waals surface area contributed by atoms with E-state index in [2.05, 4.69) is 15.7 Å². The molecule has 5 nitrogen and oxygen atoms in total. The highest BCUT2D eigenvalue weighted by molar-refractivity contribution is 5.95. The van der Waals surface area contributed by atoms with E-state index in [1.165, 1.54) is 19.3 Å². The average Bonchev–Trinajstić information content (AvgIpc) is 2.84. The molecule has 0 saturated heterocycles. The predicted octanol–water partition coefficient (Wildman–Crippen LogP) is 1.45. The lowest BCUT2D eigenvalue weighted by Crippen LogP contribution is -2.30. The van der Waals surface area contributed by atoms with Crippen molar-refractivity contribution in [3.05, 3.63) is 23.4 Å². The zero-order valence-corrected chi connectivity index (χ0v) is 11.6. The highest BCUT2D eigenvalue weighted by Crippen LogP contribution is 2.65. The number of nitrogens with zero attached hydrogens (tertiary/aromatic N) is 1. The minimum Gasteiger partial charge on any atom is -0.349 e. The van der Waals surface area contributed by atoms with Crippen molar-refractivity contribution in [3.63, 3.8) is 0 Å². The van der Waals surface area contributed by atoms with Crippen LogP contribution in [0.2, 0.25) is 0 Å². The maximum atomic E-state index is 12.4. The Balaban J connectivity index is 1.48. The number of carbonyl (C=O) groups excluding carboxylic acids is 1. The first-order valence-electron chi connectivity index (χ1n) is 7.43. The molecule has 0 aromatic carbocycles. The molecule has 4 N–H and O–H groups in total. The van der Waals surface area contributed by atoms with Crippen molar-refractivity contribution in [1.82, 2.24) is 10.3 Å². The fourth-order valence-electron chi connectivity index (χ4n) is 4.63. The zero-order chi connectivity index (χ0) is 13.9.